The molecule has 9 heteroatoms. The average Bonchev–Trinajstić information content (AvgIpc) is 3.09. The minimum Gasteiger partial charge on any atom is -0.489 e. The predicted octanol–water partition coefficient (Wildman–Crippen LogP) is 3.76. The first-order chi connectivity index (χ1) is 13.6. The van der Waals surface area contributed by atoms with Gasteiger partial charge in [-0.15, -0.1) is 0 Å². The number of aromatic nitrogens is 3. The molecular formula is C19H15Cl2N5O2. The van der Waals surface area contributed by atoms with Crippen molar-refractivity contribution >= 4 is 40.0 Å². The summed E-state index contributed by atoms with van der Waals surface area (Å²) in [5.74, 6) is 0.288. The van der Waals surface area contributed by atoms with Crippen LogP contribution in [0.15, 0.2) is 24.5 Å². The third-order valence-corrected chi connectivity index (χ3v) is 5.43. The van der Waals surface area contributed by atoms with Gasteiger partial charge >= 0.3 is 0 Å². The standard InChI is InChI=1S/C19H15Cl2N5O2/c20-14-3-2-12-13-10-26(6-4-15(13)25-17(12)16(14)21)19(27)18-23-8-11(9-24-18)28-7-1-5-22/h2-3,8-9,25H,1,4,6-7,10H2. The number of nitrogens with zero attached hydrogens (tertiary/aromatic N) is 4. The second-order valence-electron chi connectivity index (χ2n) is 6.34. The fourth-order valence-corrected chi connectivity index (χ4v) is 3.62. The Morgan fingerprint density at radius 3 is 2.86 bits per heavy atom. The van der Waals surface area contributed by atoms with E-state index in [-0.39, 0.29) is 24.8 Å². The molecule has 1 aliphatic rings. The Balaban J connectivity index is 1.53. The summed E-state index contributed by atoms with van der Waals surface area (Å²) in [6.45, 7) is 1.25. The number of fused-ring (bicyclic) bond motifs is 3. The summed E-state index contributed by atoms with van der Waals surface area (Å²) in [6.07, 6.45) is 3.84. The van der Waals surface area contributed by atoms with E-state index in [1.165, 1.54) is 12.4 Å². The van der Waals surface area contributed by atoms with Gasteiger partial charge in [0.1, 0.15) is 6.61 Å². The molecule has 0 radical (unpaired) electrons. The van der Waals surface area contributed by atoms with Crippen molar-refractivity contribution in [1.82, 2.24) is 19.9 Å². The highest BCUT2D eigenvalue weighted by Crippen LogP contribution is 2.35. The summed E-state index contributed by atoms with van der Waals surface area (Å²) in [6, 6.07) is 5.66. The zero-order valence-electron chi connectivity index (χ0n) is 14.7. The van der Waals surface area contributed by atoms with E-state index in [1.807, 2.05) is 12.1 Å². The average molecular weight is 416 g/mol. The lowest BCUT2D eigenvalue weighted by molar-refractivity contribution is 0.0722. The molecule has 7 nitrogen and oxygen atoms in total. The van der Waals surface area contributed by atoms with Crippen molar-refractivity contribution < 1.29 is 9.53 Å². The first-order valence-electron chi connectivity index (χ1n) is 8.67. The number of carbonyl (C=O) groups is 1. The van der Waals surface area contributed by atoms with Crippen molar-refractivity contribution in [2.24, 2.45) is 0 Å². The number of nitrogens with one attached hydrogen (secondary N) is 1. The number of ether oxygens (including phenoxy) is 1. The fourth-order valence-electron chi connectivity index (χ4n) is 3.25. The van der Waals surface area contributed by atoms with E-state index in [0.29, 0.717) is 35.3 Å². The summed E-state index contributed by atoms with van der Waals surface area (Å²) in [4.78, 5) is 26.1. The van der Waals surface area contributed by atoms with Gasteiger partial charge < -0.3 is 14.6 Å². The van der Waals surface area contributed by atoms with Crippen LogP contribution in [0.5, 0.6) is 5.75 Å². The van der Waals surface area contributed by atoms with Crippen LogP contribution < -0.4 is 4.74 Å². The second-order valence-corrected chi connectivity index (χ2v) is 7.13. The SMILES string of the molecule is N#CCCOc1cnc(C(=O)N2CCc3[nH]c4c(Cl)c(Cl)ccc4c3C2)nc1. The number of nitriles is 1. The number of hydrogen-bond acceptors (Lipinski definition) is 5. The van der Waals surface area contributed by atoms with E-state index in [0.717, 1.165) is 22.2 Å². The number of H-pyrrole nitrogens is 1. The number of amides is 1. The molecular weight excluding hydrogens is 401 g/mol. The van der Waals surface area contributed by atoms with Gasteiger partial charge in [-0.05, 0) is 6.07 Å². The molecule has 1 aromatic carbocycles. The maximum absolute atomic E-state index is 12.8. The van der Waals surface area contributed by atoms with Crippen molar-refractivity contribution in [3.8, 4) is 11.8 Å². The van der Waals surface area contributed by atoms with E-state index in [1.54, 1.807) is 11.0 Å². The number of aromatic amines is 1. The molecule has 2 aromatic heterocycles. The smallest absolute Gasteiger partial charge is 0.291 e. The Hall–Kier alpha value is -2.82. The third-order valence-electron chi connectivity index (χ3n) is 4.63. The molecule has 0 saturated carbocycles. The number of halogens is 2. The molecule has 0 saturated heterocycles. The minimum absolute atomic E-state index is 0.108. The molecule has 142 valence electrons. The Morgan fingerprint density at radius 1 is 1.32 bits per heavy atom. The van der Waals surface area contributed by atoms with Crippen molar-refractivity contribution in [1.29, 1.82) is 5.26 Å². The third kappa shape index (κ3) is 3.37. The minimum atomic E-state index is -0.247. The van der Waals surface area contributed by atoms with Gasteiger partial charge in [0.2, 0.25) is 5.82 Å². The molecule has 0 unspecified atom stereocenters. The van der Waals surface area contributed by atoms with Crippen LogP contribution in [0.3, 0.4) is 0 Å². The van der Waals surface area contributed by atoms with Gasteiger partial charge in [-0.25, -0.2) is 9.97 Å². The number of benzene rings is 1. The molecule has 0 bridgehead atoms. The molecule has 1 N–H and O–H groups in total. The lowest BCUT2D eigenvalue weighted by Crippen LogP contribution is -2.36. The number of carbonyl (C=O) groups excluding carboxylic acids is 1. The van der Waals surface area contributed by atoms with E-state index >= 15 is 0 Å². The van der Waals surface area contributed by atoms with Crippen LogP contribution in [0, 0.1) is 11.3 Å². The number of rotatable bonds is 4. The molecule has 0 spiro atoms. The molecule has 3 heterocycles. The summed E-state index contributed by atoms with van der Waals surface area (Å²) in [5, 5.41) is 10.5. The Kier molecular flexibility index (Phi) is 5.07. The Morgan fingerprint density at radius 2 is 2.11 bits per heavy atom. The molecule has 1 amide bonds. The zero-order valence-corrected chi connectivity index (χ0v) is 16.2. The van der Waals surface area contributed by atoms with E-state index in [4.69, 9.17) is 33.2 Å². The van der Waals surface area contributed by atoms with Crippen LogP contribution in [0.2, 0.25) is 10.0 Å². The zero-order chi connectivity index (χ0) is 19.7. The van der Waals surface area contributed by atoms with Gasteiger partial charge in [-0.3, -0.25) is 4.79 Å². The van der Waals surface area contributed by atoms with E-state index in [9.17, 15) is 4.79 Å². The topological polar surface area (TPSA) is 94.9 Å². The molecule has 3 aromatic rings. The first-order valence-corrected chi connectivity index (χ1v) is 9.42. The lowest BCUT2D eigenvalue weighted by atomic mass is 10.0. The van der Waals surface area contributed by atoms with E-state index < -0.39 is 0 Å². The van der Waals surface area contributed by atoms with Gasteiger partial charge in [0.05, 0.1) is 40.4 Å². The van der Waals surface area contributed by atoms with Gasteiger partial charge in [0, 0.05) is 36.2 Å². The molecule has 28 heavy (non-hydrogen) atoms. The molecule has 0 fully saturated rings. The maximum atomic E-state index is 12.8. The largest absolute Gasteiger partial charge is 0.489 e. The highest BCUT2D eigenvalue weighted by Gasteiger charge is 2.27. The number of hydrogen-bond donors (Lipinski definition) is 1. The lowest BCUT2D eigenvalue weighted by Gasteiger charge is -2.26. The van der Waals surface area contributed by atoms with Gasteiger partial charge in [-0.2, -0.15) is 5.26 Å². The van der Waals surface area contributed by atoms with Crippen LogP contribution in [0.1, 0.15) is 28.3 Å². The highest BCUT2D eigenvalue weighted by molar-refractivity contribution is 6.45. The summed E-state index contributed by atoms with van der Waals surface area (Å²) in [7, 11) is 0. The van der Waals surface area contributed by atoms with E-state index in [2.05, 4.69) is 15.0 Å². The van der Waals surface area contributed by atoms with Crippen molar-refractivity contribution in [2.45, 2.75) is 19.4 Å². The molecule has 0 aliphatic carbocycles. The van der Waals surface area contributed by atoms with Crippen LogP contribution >= 0.6 is 23.2 Å². The van der Waals surface area contributed by atoms with Gasteiger partial charge in [-0.1, -0.05) is 29.3 Å². The van der Waals surface area contributed by atoms with Crippen LogP contribution in [0.25, 0.3) is 10.9 Å². The van der Waals surface area contributed by atoms with Crippen molar-refractivity contribution in [3.05, 3.63) is 51.7 Å². The highest BCUT2D eigenvalue weighted by atomic mass is 35.5. The van der Waals surface area contributed by atoms with Gasteiger partial charge in [0.15, 0.2) is 5.75 Å². The summed E-state index contributed by atoms with van der Waals surface area (Å²) in [5.41, 5.74) is 2.89. The maximum Gasteiger partial charge on any atom is 0.291 e. The molecule has 0 atom stereocenters. The van der Waals surface area contributed by atoms with Crippen LogP contribution in [0.4, 0.5) is 0 Å². The predicted molar refractivity (Wildman–Crippen MR) is 105 cm³/mol. The van der Waals surface area contributed by atoms with Crippen molar-refractivity contribution in [3.63, 3.8) is 0 Å². The molecule has 1 aliphatic heterocycles. The monoisotopic (exact) mass is 415 g/mol. The second kappa shape index (κ2) is 7.66. The fraction of sp³-hybridized carbons (Fsp3) is 0.263. The first kappa shape index (κ1) is 18.5. The quantitative estimate of drug-likeness (QED) is 0.654. The normalized spacial score (nSPS) is 13.2. The van der Waals surface area contributed by atoms with Gasteiger partial charge in [0.25, 0.3) is 5.91 Å². The summed E-state index contributed by atoms with van der Waals surface area (Å²) < 4.78 is 5.33. The summed E-state index contributed by atoms with van der Waals surface area (Å²) >= 11 is 12.4. The molecule has 4 rings (SSSR count). The van der Waals surface area contributed by atoms with Crippen LogP contribution in [-0.4, -0.2) is 38.9 Å². The van der Waals surface area contributed by atoms with Crippen LogP contribution in [-0.2, 0) is 13.0 Å². The Labute approximate surface area is 170 Å². The van der Waals surface area contributed by atoms with Crippen molar-refractivity contribution in [2.75, 3.05) is 13.2 Å². The Bertz CT molecular complexity index is 1090.